The van der Waals surface area contributed by atoms with Crippen molar-refractivity contribution in [2.24, 2.45) is 11.8 Å². The number of carboxylic acids is 1. The first-order valence-corrected chi connectivity index (χ1v) is 6.51. The number of carbonyl (C=O) groups excluding carboxylic acids is 1. The van der Waals surface area contributed by atoms with Gasteiger partial charge in [0.15, 0.2) is 0 Å². The van der Waals surface area contributed by atoms with E-state index in [-0.39, 0.29) is 18.0 Å². The molecule has 0 aromatic heterocycles. The molecule has 0 radical (unpaired) electrons. The summed E-state index contributed by atoms with van der Waals surface area (Å²) in [6.07, 6.45) is 5.86. The molecular formula is C13H20N2O3. The Morgan fingerprint density at radius 2 is 2.11 bits per heavy atom. The maximum Gasteiger partial charge on any atom is 0.310 e. The third-order valence-corrected chi connectivity index (χ3v) is 3.71. The molecule has 4 atom stereocenters. The van der Waals surface area contributed by atoms with Crippen molar-refractivity contribution in [2.75, 3.05) is 6.54 Å². The molecule has 3 N–H and O–H groups in total. The second-order valence-corrected chi connectivity index (χ2v) is 5.32. The van der Waals surface area contributed by atoms with Gasteiger partial charge in [-0.3, -0.25) is 9.59 Å². The number of piperidine rings is 1. The smallest absolute Gasteiger partial charge is 0.310 e. The van der Waals surface area contributed by atoms with Crippen LogP contribution in [-0.4, -0.2) is 35.6 Å². The Morgan fingerprint density at radius 1 is 1.33 bits per heavy atom. The van der Waals surface area contributed by atoms with Crippen molar-refractivity contribution in [1.29, 1.82) is 0 Å². The van der Waals surface area contributed by atoms with E-state index in [9.17, 15) is 9.59 Å². The summed E-state index contributed by atoms with van der Waals surface area (Å²) in [5.74, 6) is -0.740. The lowest BCUT2D eigenvalue weighted by atomic mass is 9.93. The van der Waals surface area contributed by atoms with E-state index in [1.807, 2.05) is 0 Å². The monoisotopic (exact) mass is 252 g/mol. The summed E-state index contributed by atoms with van der Waals surface area (Å²) >= 11 is 0. The van der Waals surface area contributed by atoms with Gasteiger partial charge in [-0.15, -0.1) is 0 Å². The van der Waals surface area contributed by atoms with E-state index >= 15 is 0 Å². The number of carbonyl (C=O) groups is 2. The number of hydrogen-bond acceptors (Lipinski definition) is 3. The highest BCUT2D eigenvalue weighted by molar-refractivity contribution is 5.82. The van der Waals surface area contributed by atoms with Gasteiger partial charge in [-0.2, -0.15) is 0 Å². The van der Waals surface area contributed by atoms with Crippen LogP contribution in [0.15, 0.2) is 12.2 Å². The first-order chi connectivity index (χ1) is 8.56. The number of rotatable bonds is 3. The molecule has 18 heavy (non-hydrogen) atoms. The molecule has 0 aromatic carbocycles. The summed E-state index contributed by atoms with van der Waals surface area (Å²) in [4.78, 5) is 22.8. The standard InChI is InChI=1S/C13H20N2O3/c1-8-4-5-14-11(6-8)12(16)15-10-3-2-9(7-10)13(17)18/h2-3,8-11,14H,4-7H2,1H3,(H,15,16)(H,17,18). The molecule has 1 saturated heterocycles. The number of carboxylic acid groups (broad SMARTS) is 1. The highest BCUT2D eigenvalue weighted by atomic mass is 16.4. The second kappa shape index (κ2) is 5.52. The third kappa shape index (κ3) is 3.10. The van der Waals surface area contributed by atoms with Gasteiger partial charge >= 0.3 is 5.97 Å². The van der Waals surface area contributed by atoms with E-state index in [1.54, 1.807) is 12.2 Å². The molecule has 0 aromatic rings. The quantitative estimate of drug-likeness (QED) is 0.640. The molecule has 5 nitrogen and oxygen atoms in total. The van der Waals surface area contributed by atoms with Crippen molar-refractivity contribution < 1.29 is 14.7 Å². The SMILES string of the molecule is CC1CCNC(C(=O)NC2C=CC(C(=O)O)C2)C1. The van der Waals surface area contributed by atoms with Crippen LogP contribution in [0.4, 0.5) is 0 Å². The Morgan fingerprint density at radius 3 is 2.72 bits per heavy atom. The number of aliphatic carboxylic acids is 1. The third-order valence-electron chi connectivity index (χ3n) is 3.71. The largest absolute Gasteiger partial charge is 0.481 e. The van der Waals surface area contributed by atoms with Gasteiger partial charge in [0, 0.05) is 6.04 Å². The van der Waals surface area contributed by atoms with Crippen LogP contribution < -0.4 is 10.6 Å². The molecule has 1 heterocycles. The van der Waals surface area contributed by atoms with Gasteiger partial charge in [0.1, 0.15) is 0 Å². The second-order valence-electron chi connectivity index (χ2n) is 5.32. The zero-order chi connectivity index (χ0) is 13.1. The summed E-state index contributed by atoms with van der Waals surface area (Å²) in [6.45, 7) is 3.02. The molecule has 1 aliphatic carbocycles. The topological polar surface area (TPSA) is 78.4 Å². The van der Waals surface area contributed by atoms with E-state index in [0.29, 0.717) is 12.3 Å². The van der Waals surface area contributed by atoms with Crippen LogP contribution in [0.2, 0.25) is 0 Å². The minimum atomic E-state index is -0.826. The van der Waals surface area contributed by atoms with E-state index in [0.717, 1.165) is 19.4 Å². The maximum atomic E-state index is 12.0. The van der Waals surface area contributed by atoms with Gasteiger partial charge in [0.25, 0.3) is 0 Å². The lowest BCUT2D eigenvalue weighted by Crippen LogP contribution is -2.50. The lowest BCUT2D eigenvalue weighted by molar-refractivity contribution is -0.140. The molecule has 1 amide bonds. The Kier molecular flexibility index (Phi) is 4.01. The van der Waals surface area contributed by atoms with Crippen LogP contribution in [0.1, 0.15) is 26.2 Å². The first-order valence-electron chi connectivity index (χ1n) is 6.51. The molecular weight excluding hydrogens is 232 g/mol. The molecule has 0 saturated carbocycles. The van der Waals surface area contributed by atoms with Crippen molar-refractivity contribution in [1.82, 2.24) is 10.6 Å². The highest BCUT2D eigenvalue weighted by Gasteiger charge is 2.29. The fourth-order valence-corrected chi connectivity index (χ4v) is 2.58. The van der Waals surface area contributed by atoms with Crippen molar-refractivity contribution in [3.8, 4) is 0 Å². The van der Waals surface area contributed by atoms with E-state index in [4.69, 9.17) is 5.11 Å². The number of amides is 1. The Labute approximate surface area is 107 Å². The summed E-state index contributed by atoms with van der Waals surface area (Å²) in [6, 6.07) is -0.274. The minimum absolute atomic E-state index is 0.0118. The predicted molar refractivity (Wildman–Crippen MR) is 67.0 cm³/mol. The number of hydrogen-bond donors (Lipinski definition) is 3. The molecule has 2 rings (SSSR count). The summed E-state index contributed by atoms with van der Waals surface area (Å²) < 4.78 is 0. The van der Waals surface area contributed by atoms with Gasteiger partial charge in [-0.05, 0) is 31.7 Å². The highest BCUT2D eigenvalue weighted by Crippen LogP contribution is 2.19. The van der Waals surface area contributed by atoms with Gasteiger partial charge < -0.3 is 15.7 Å². The fourth-order valence-electron chi connectivity index (χ4n) is 2.58. The van der Waals surface area contributed by atoms with E-state index in [1.165, 1.54) is 0 Å². The van der Waals surface area contributed by atoms with Gasteiger partial charge in [0.05, 0.1) is 12.0 Å². The van der Waals surface area contributed by atoms with Crippen molar-refractivity contribution >= 4 is 11.9 Å². The Balaban J connectivity index is 1.82. The van der Waals surface area contributed by atoms with Gasteiger partial charge in [-0.1, -0.05) is 19.1 Å². The Bertz CT molecular complexity index is 367. The summed E-state index contributed by atoms with van der Waals surface area (Å²) in [5.41, 5.74) is 0. The average Bonchev–Trinajstić information content (AvgIpc) is 2.77. The van der Waals surface area contributed by atoms with Gasteiger partial charge in [-0.25, -0.2) is 0 Å². The maximum absolute atomic E-state index is 12.0. The molecule has 100 valence electrons. The summed E-state index contributed by atoms with van der Waals surface area (Å²) in [5, 5.41) is 15.0. The average molecular weight is 252 g/mol. The zero-order valence-electron chi connectivity index (χ0n) is 10.6. The molecule has 5 heteroatoms. The van der Waals surface area contributed by atoms with Crippen molar-refractivity contribution in [2.45, 2.75) is 38.3 Å². The first kappa shape index (κ1) is 13.1. The van der Waals surface area contributed by atoms with E-state index in [2.05, 4.69) is 17.6 Å². The summed E-state index contributed by atoms with van der Waals surface area (Å²) in [7, 11) is 0. The molecule has 2 aliphatic rings. The zero-order valence-corrected chi connectivity index (χ0v) is 10.6. The molecule has 0 bridgehead atoms. The fraction of sp³-hybridized carbons (Fsp3) is 0.692. The van der Waals surface area contributed by atoms with Crippen LogP contribution in [0.25, 0.3) is 0 Å². The normalized spacial score (nSPS) is 35.4. The lowest BCUT2D eigenvalue weighted by Gasteiger charge is -2.28. The molecule has 1 fully saturated rings. The van der Waals surface area contributed by atoms with Crippen LogP contribution in [0, 0.1) is 11.8 Å². The van der Waals surface area contributed by atoms with E-state index < -0.39 is 11.9 Å². The predicted octanol–water partition coefficient (Wildman–Crippen LogP) is 0.520. The van der Waals surface area contributed by atoms with Crippen LogP contribution in [0.3, 0.4) is 0 Å². The minimum Gasteiger partial charge on any atom is -0.481 e. The van der Waals surface area contributed by atoms with Crippen molar-refractivity contribution in [3.05, 3.63) is 12.2 Å². The van der Waals surface area contributed by atoms with Crippen molar-refractivity contribution in [3.63, 3.8) is 0 Å². The number of nitrogens with one attached hydrogen (secondary N) is 2. The molecule has 4 unspecified atom stereocenters. The molecule has 1 aliphatic heterocycles. The van der Waals surface area contributed by atoms with Crippen LogP contribution in [-0.2, 0) is 9.59 Å². The van der Waals surface area contributed by atoms with Gasteiger partial charge in [0.2, 0.25) is 5.91 Å². The Hall–Kier alpha value is -1.36. The van der Waals surface area contributed by atoms with Crippen LogP contribution >= 0.6 is 0 Å². The molecule has 0 spiro atoms. The van der Waals surface area contributed by atoms with Crippen LogP contribution in [0.5, 0.6) is 0 Å².